The Morgan fingerprint density at radius 2 is 2.10 bits per heavy atom. The average Bonchev–Trinajstić information content (AvgIpc) is 2.88. The van der Waals surface area contributed by atoms with Crippen LogP contribution >= 0.6 is 27.5 Å². The molecule has 0 N–H and O–H groups in total. The molecule has 2 heterocycles. The van der Waals surface area contributed by atoms with Crippen molar-refractivity contribution in [2.75, 3.05) is 6.61 Å². The van der Waals surface area contributed by atoms with E-state index in [1.54, 1.807) is 0 Å². The molecule has 0 atom stereocenters. The van der Waals surface area contributed by atoms with E-state index in [0.717, 1.165) is 34.5 Å². The second-order valence-electron chi connectivity index (χ2n) is 5.11. The summed E-state index contributed by atoms with van der Waals surface area (Å²) in [6.45, 7) is 4.92. The Balaban J connectivity index is 2.10. The summed E-state index contributed by atoms with van der Waals surface area (Å²) >= 11 is 9.67. The smallest absolute Gasteiger partial charge is 0.161 e. The molecule has 5 heteroatoms. The number of hydrogen-bond acceptors (Lipinski definition) is 3. The molecule has 0 spiro atoms. The van der Waals surface area contributed by atoms with E-state index in [1.807, 2.05) is 12.1 Å². The van der Waals surface area contributed by atoms with E-state index in [1.165, 1.54) is 5.56 Å². The first kappa shape index (κ1) is 13.8. The lowest BCUT2D eigenvalue weighted by atomic mass is 10.1. The van der Waals surface area contributed by atoms with Gasteiger partial charge in [0, 0.05) is 12.0 Å². The summed E-state index contributed by atoms with van der Waals surface area (Å²) < 4.78 is 6.30. The number of benzene rings is 1. The standard InChI is InChI=1S/C15H14BrClN2O/c1-8(2)13-12(16)14(17)19-15(18-13)10-3-4-11-9(7-10)5-6-20-11/h3-4,7-8H,5-6H2,1-2H3. The predicted molar refractivity (Wildman–Crippen MR) is 83.5 cm³/mol. The minimum absolute atomic E-state index is 0.279. The molecular weight excluding hydrogens is 340 g/mol. The Labute approximate surface area is 131 Å². The Kier molecular flexibility index (Phi) is 3.69. The van der Waals surface area contributed by atoms with Crippen LogP contribution in [-0.4, -0.2) is 16.6 Å². The van der Waals surface area contributed by atoms with Gasteiger partial charge in [-0.1, -0.05) is 25.4 Å². The molecule has 0 saturated heterocycles. The molecule has 1 aliphatic rings. The number of ether oxygens (including phenoxy) is 1. The highest BCUT2D eigenvalue weighted by atomic mass is 79.9. The number of hydrogen-bond donors (Lipinski definition) is 0. The normalized spacial score (nSPS) is 13.4. The Morgan fingerprint density at radius 1 is 1.30 bits per heavy atom. The summed E-state index contributed by atoms with van der Waals surface area (Å²) in [4.78, 5) is 9.02. The van der Waals surface area contributed by atoms with E-state index in [0.29, 0.717) is 11.0 Å². The second kappa shape index (κ2) is 5.34. The minimum Gasteiger partial charge on any atom is -0.493 e. The zero-order valence-electron chi connectivity index (χ0n) is 11.3. The summed E-state index contributed by atoms with van der Waals surface area (Å²) in [7, 11) is 0. The third kappa shape index (κ3) is 2.42. The zero-order chi connectivity index (χ0) is 14.3. The molecule has 0 bridgehead atoms. The second-order valence-corrected chi connectivity index (χ2v) is 6.26. The first-order valence-electron chi connectivity index (χ1n) is 6.55. The highest BCUT2D eigenvalue weighted by Gasteiger charge is 2.17. The highest BCUT2D eigenvalue weighted by molar-refractivity contribution is 9.10. The molecule has 3 rings (SSSR count). The van der Waals surface area contributed by atoms with Crippen LogP contribution in [0, 0.1) is 0 Å². The van der Waals surface area contributed by atoms with Crippen LogP contribution in [0.3, 0.4) is 0 Å². The number of nitrogens with zero attached hydrogens (tertiary/aromatic N) is 2. The third-order valence-corrected chi connectivity index (χ3v) is 4.61. The molecule has 20 heavy (non-hydrogen) atoms. The van der Waals surface area contributed by atoms with E-state index in [9.17, 15) is 0 Å². The van der Waals surface area contributed by atoms with Gasteiger partial charge in [0.25, 0.3) is 0 Å². The van der Waals surface area contributed by atoms with Gasteiger partial charge in [0.2, 0.25) is 0 Å². The summed E-state index contributed by atoms with van der Waals surface area (Å²) in [6.07, 6.45) is 0.935. The molecule has 0 radical (unpaired) electrons. The van der Waals surface area contributed by atoms with Crippen molar-refractivity contribution in [2.24, 2.45) is 0 Å². The van der Waals surface area contributed by atoms with E-state index >= 15 is 0 Å². The van der Waals surface area contributed by atoms with Gasteiger partial charge in [0.05, 0.1) is 16.8 Å². The number of rotatable bonds is 2. The van der Waals surface area contributed by atoms with Crippen molar-refractivity contribution in [1.82, 2.24) is 9.97 Å². The lowest BCUT2D eigenvalue weighted by Crippen LogP contribution is -2.00. The van der Waals surface area contributed by atoms with Crippen LogP contribution in [0.1, 0.15) is 31.0 Å². The Bertz CT molecular complexity index is 673. The topological polar surface area (TPSA) is 35.0 Å². The van der Waals surface area contributed by atoms with Crippen molar-refractivity contribution >= 4 is 27.5 Å². The molecule has 1 aliphatic heterocycles. The largest absolute Gasteiger partial charge is 0.493 e. The minimum atomic E-state index is 0.279. The van der Waals surface area contributed by atoms with Gasteiger partial charge in [-0.25, -0.2) is 9.97 Å². The van der Waals surface area contributed by atoms with Gasteiger partial charge < -0.3 is 4.74 Å². The molecule has 2 aromatic rings. The van der Waals surface area contributed by atoms with E-state index in [-0.39, 0.29) is 5.92 Å². The van der Waals surface area contributed by atoms with Crippen molar-refractivity contribution in [2.45, 2.75) is 26.2 Å². The first-order valence-corrected chi connectivity index (χ1v) is 7.72. The number of fused-ring (bicyclic) bond motifs is 1. The monoisotopic (exact) mass is 352 g/mol. The first-order chi connectivity index (χ1) is 9.56. The average molecular weight is 354 g/mol. The van der Waals surface area contributed by atoms with Gasteiger partial charge in [0.15, 0.2) is 5.82 Å². The van der Waals surface area contributed by atoms with E-state index in [2.05, 4.69) is 45.8 Å². The van der Waals surface area contributed by atoms with Crippen LogP contribution in [0.15, 0.2) is 22.7 Å². The fourth-order valence-corrected chi connectivity index (χ4v) is 3.09. The van der Waals surface area contributed by atoms with Crippen LogP contribution in [0.4, 0.5) is 0 Å². The van der Waals surface area contributed by atoms with Crippen molar-refractivity contribution < 1.29 is 4.74 Å². The SMILES string of the molecule is CC(C)c1nc(-c2ccc3c(c2)CCO3)nc(Cl)c1Br. The molecule has 104 valence electrons. The number of aromatic nitrogens is 2. The lowest BCUT2D eigenvalue weighted by molar-refractivity contribution is 0.357. The van der Waals surface area contributed by atoms with Gasteiger partial charge in [-0.05, 0) is 45.6 Å². The molecule has 3 nitrogen and oxygen atoms in total. The fraction of sp³-hybridized carbons (Fsp3) is 0.333. The van der Waals surface area contributed by atoms with Crippen LogP contribution in [0.25, 0.3) is 11.4 Å². The number of halogens is 2. The van der Waals surface area contributed by atoms with Gasteiger partial charge in [-0.15, -0.1) is 0 Å². The predicted octanol–water partition coefficient (Wildman–Crippen LogP) is 4.62. The maximum absolute atomic E-state index is 6.21. The molecule has 0 aliphatic carbocycles. The molecule has 0 unspecified atom stereocenters. The van der Waals surface area contributed by atoms with Gasteiger partial charge >= 0.3 is 0 Å². The van der Waals surface area contributed by atoms with Crippen molar-refractivity contribution in [3.63, 3.8) is 0 Å². The Hall–Kier alpha value is -1.13. The van der Waals surface area contributed by atoms with Crippen molar-refractivity contribution in [3.8, 4) is 17.1 Å². The summed E-state index contributed by atoms with van der Waals surface area (Å²) in [5, 5.41) is 0.454. The van der Waals surface area contributed by atoms with Crippen LogP contribution in [0.2, 0.25) is 5.15 Å². The molecular formula is C15H14BrClN2O. The summed E-state index contributed by atoms with van der Waals surface area (Å²) in [5.41, 5.74) is 3.11. The van der Waals surface area contributed by atoms with Gasteiger partial charge in [0.1, 0.15) is 10.9 Å². The highest BCUT2D eigenvalue weighted by Crippen LogP contribution is 2.33. The van der Waals surface area contributed by atoms with Crippen LogP contribution in [-0.2, 0) is 6.42 Å². The van der Waals surface area contributed by atoms with E-state index in [4.69, 9.17) is 16.3 Å². The Morgan fingerprint density at radius 3 is 2.85 bits per heavy atom. The quantitative estimate of drug-likeness (QED) is 0.739. The molecule has 0 saturated carbocycles. The maximum Gasteiger partial charge on any atom is 0.161 e. The van der Waals surface area contributed by atoms with Crippen LogP contribution in [0.5, 0.6) is 5.75 Å². The summed E-state index contributed by atoms with van der Waals surface area (Å²) in [6, 6.07) is 6.05. The van der Waals surface area contributed by atoms with Crippen LogP contribution < -0.4 is 4.74 Å². The van der Waals surface area contributed by atoms with Crippen molar-refractivity contribution in [1.29, 1.82) is 0 Å². The summed E-state index contributed by atoms with van der Waals surface area (Å²) in [5.74, 6) is 1.90. The van der Waals surface area contributed by atoms with Crippen molar-refractivity contribution in [3.05, 3.63) is 39.1 Å². The fourth-order valence-electron chi connectivity index (χ4n) is 2.27. The molecule has 1 aromatic heterocycles. The molecule has 0 amide bonds. The lowest BCUT2D eigenvalue weighted by Gasteiger charge is -2.11. The van der Waals surface area contributed by atoms with Gasteiger partial charge in [-0.3, -0.25) is 0 Å². The maximum atomic E-state index is 6.21. The molecule has 0 fully saturated rings. The third-order valence-electron chi connectivity index (χ3n) is 3.33. The van der Waals surface area contributed by atoms with Gasteiger partial charge in [-0.2, -0.15) is 0 Å². The molecule has 1 aromatic carbocycles. The van der Waals surface area contributed by atoms with E-state index < -0.39 is 0 Å². The zero-order valence-corrected chi connectivity index (χ0v) is 13.6.